The first kappa shape index (κ1) is 24.7. The maximum atomic E-state index is 13.0. The highest BCUT2D eigenvalue weighted by Crippen LogP contribution is 2.24. The molecule has 3 aromatic carbocycles. The summed E-state index contributed by atoms with van der Waals surface area (Å²) in [6, 6.07) is 22.4. The van der Waals surface area contributed by atoms with Crippen molar-refractivity contribution in [2.75, 3.05) is 44.7 Å². The van der Waals surface area contributed by atoms with Crippen molar-refractivity contribution >= 4 is 21.6 Å². The van der Waals surface area contributed by atoms with Crippen molar-refractivity contribution < 1.29 is 22.7 Å². The minimum absolute atomic E-state index is 0.0338. The molecule has 9 heteroatoms. The lowest BCUT2D eigenvalue weighted by molar-refractivity contribution is 0.0162. The Balaban J connectivity index is 1.46. The van der Waals surface area contributed by atoms with Gasteiger partial charge in [-0.1, -0.05) is 36.4 Å². The van der Waals surface area contributed by atoms with Crippen molar-refractivity contribution in [1.82, 2.24) is 10.2 Å². The third-order valence-electron chi connectivity index (χ3n) is 5.87. The summed E-state index contributed by atoms with van der Waals surface area (Å²) >= 11 is 0. The molecule has 35 heavy (non-hydrogen) atoms. The number of carbonyl (C=O) groups is 1. The standard InChI is InChI=1S/C26H29N3O5S/c1-33-23-12-10-20(11-13-23)25(29-14-16-34-17-15-29)19-27-26(30)21-6-5-7-22(18-21)28-35(31,32)24-8-3-2-4-9-24/h2-13,18,25,28H,14-17,19H2,1H3,(H,27,30). The van der Waals surface area contributed by atoms with E-state index < -0.39 is 10.0 Å². The summed E-state index contributed by atoms with van der Waals surface area (Å²) in [5.41, 5.74) is 1.76. The predicted octanol–water partition coefficient (Wildman–Crippen LogP) is 3.30. The molecular weight excluding hydrogens is 466 g/mol. The highest BCUT2D eigenvalue weighted by atomic mass is 32.2. The van der Waals surface area contributed by atoms with Crippen LogP contribution in [0, 0.1) is 0 Å². The monoisotopic (exact) mass is 495 g/mol. The molecule has 8 nitrogen and oxygen atoms in total. The van der Waals surface area contributed by atoms with Crippen LogP contribution in [0.5, 0.6) is 5.75 Å². The molecule has 0 spiro atoms. The van der Waals surface area contributed by atoms with Gasteiger partial charge >= 0.3 is 0 Å². The van der Waals surface area contributed by atoms with Crippen molar-refractivity contribution in [2.45, 2.75) is 10.9 Å². The SMILES string of the molecule is COc1ccc(C(CNC(=O)c2cccc(NS(=O)(=O)c3ccccc3)c2)N2CCOCC2)cc1. The van der Waals surface area contributed by atoms with Crippen molar-refractivity contribution in [3.8, 4) is 5.75 Å². The Labute approximate surface area is 205 Å². The average molecular weight is 496 g/mol. The number of sulfonamides is 1. The number of ether oxygens (including phenoxy) is 2. The molecule has 1 unspecified atom stereocenters. The molecule has 0 aromatic heterocycles. The van der Waals surface area contributed by atoms with E-state index >= 15 is 0 Å². The first-order chi connectivity index (χ1) is 17.0. The van der Waals surface area contributed by atoms with E-state index in [4.69, 9.17) is 9.47 Å². The van der Waals surface area contributed by atoms with Gasteiger partial charge in [0.05, 0.1) is 31.3 Å². The molecule has 184 valence electrons. The molecule has 1 fully saturated rings. The second-order valence-corrected chi connectivity index (χ2v) is 9.83. The van der Waals surface area contributed by atoms with Gasteiger partial charge in [-0.2, -0.15) is 0 Å². The fourth-order valence-electron chi connectivity index (χ4n) is 4.00. The molecule has 0 bridgehead atoms. The fourth-order valence-corrected chi connectivity index (χ4v) is 5.07. The number of carbonyl (C=O) groups excluding carboxylic acids is 1. The van der Waals surface area contributed by atoms with Crippen LogP contribution >= 0.6 is 0 Å². The Morgan fingerprint density at radius 1 is 1.00 bits per heavy atom. The number of nitrogens with zero attached hydrogens (tertiary/aromatic N) is 1. The minimum atomic E-state index is -3.75. The normalized spacial score (nSPS) is 15.2. The van der Waals surface area contributed by atoms with E-state index in [9.17, 15) is 13.2 Å². The Morgan fingerprint density at radius 3 is 2.40 bits per heavy atom. The van der Waals surface area contributed by atoms with Crippen LogP contribution in [-0.2, 0) is 14.8 Å². The van der Waals surface area contributed by atoms with E-state index in [-0.39, 0.29) is 16.8 Å². The van der Waals surface area contributed by atoms with Gasteiger partial charge in [-0.25, -0.2) is 8.42 Å². The quantitative estimate of drug-likeness (QED) is 0.473. The van der Waals surface area contributed by atoms with Crippen LogP contribution in [0.2, 0.25) is 0 Å². The fraction of sp³-hybridized carbons (Fsp3) is 0.269. The van der Waals surface area contributed by atoms with Gasteiger partial charge in [-0.15, -0.1) is 0 Å². The second-order valence-electron chi connectivity index (χ2n) is 8.15. The Bertz CT molecular complexity index is 1230. The second kappa shape index (κ2) is 11.4. The summed E-state index contributed by atoms with van der Waals surface area (Å²) in [5.74, 6) is 0.491. The average Bonchev–Trinajstić information content (AvgIpc) is 2.90. The third kappa shape index (κ3) is 6.39. The number of rotatable bonds is 9. The first-order valence-electron chi connectivity index (χ1n) is 11.4. The molecule has 1 heterocycles. The van der Waals surface area contributed by atoms with Crippen molar-refractivity contribution in [1.29, 1.82) is 0 Å². The van der Waals surface area contributed by atoms with Crippen LogP contribution in [0.25, 0.3) is 0 Å². The summed E-state index contributed by atoms with van der Waals surface area (Å²) in [7, 11) is -2.12. The largest absolute Gasteiger partial charge is 0.497 e. The smallest absolute Gasteiger partial charge is 0.261 e. The van der Waals surface area contributed by atoms with E-state index in [0.717, 1.165) is 24.4 Å². The highest BCUT2D eigenvalue weighted by molar-refractivity contribution is 7.92. The van der Waals surface area contributed by atoms with Crippen LogP contribution in [-0.4, -0.2) is 59.2 Å². The Hall–Kier alpha value is -3.40. The van der Waals surface area contributed by atoms with Gasteiger partial charge in [0.15, 0.2) is 0 Å². The molecule has 2 N–H and O–H groups in total. The van der Waals surface area contributed by atoms with Gasteiger partial charge in [-0.3, -0.25) is 14.4 Å². The molecule has 1 aliphatic heterocycles. The molecule has 3 aromatic rings. The highest BCUT2D eigenvalue weighted by Gasteiger charge is 2.24. The van der Waals surface area contributed by atoms with Crippen LogP contribution in [0.1, 0.15) is 22.0 Å². The number of amides is 1. The summed E-state index contributed by atoms with van der Waals surface area (Å²) in [4.78, 5) is 15.4. The molecule has 1 aliphatic rings. The van der Waals surface area contributed by atoms with Crippen LogP contribution in [0.4, 0.5) is 5.69 Å². The van der Waals surface area contributed by atoms with E-state index in [2.05, 4.69) is 14.9 Å². The minimum Gasteiger partial charge on any atom is -0.497 e. The van der Waals surface area contributed by atoms with Crippen molar-refractivity contribution in [3.05, 3.63) is 90.0 Å². The molecule has 0 aliphatic carbocycles. The molecule has 0 radical (unpaired) electrons. The Kier molecular flexibility index (Phi) is 8.02. The van der Waals surface area contributed by atoms with Gasteiger partial charge < -0.3 is 14.8 Å². The van der Waals surface area contributed by atoms with Gasteiger partial charge in [0.25, 0.3) is 15.9 Å². The summed E-state index contributed by atoms with van der Waals surface area (Å²) in [6.45, 7) is 3.21. The van der Waals surface area contributed by atoms with Crippen LogP contribution in [0.3, 0.4) is 0 Å². The van der Waals surface area contributed by atoms with Crippen LogP contribution < -0.4 is 14.8 Å². The van der Waals surface area contributed by atoms with Crippen molar-refractivity contribution in [2.24, 2.45) is 0 Å². The zero-order valence-electron chi connectivity index (χ0n) is 19.5. The summed E-state index contributed by atoms with van der Waals surface area (Å²) in [6.07, 6.45) is 0. The third-order valence-corrected chi connectivity index (χ3v) is 7.27. The lowest BCUT2D eigenvalue weighted by Crippen LogP contribution is -2.43. The molecule has 1 saturated heterocycles. The zero-order valence-corrected chi connectivity index (χ0v) is 20.3. The Morgan fingerprint density at radius 2 is 1.71 bits per heavy atom. The number of hydrogen-bond acceptors (Lipinski definition) is 6. The van der Waals surface area contributed by atoms with Gasteiger partial charge in [0.2, 0.25) is 0 Å². The molecule has 4 rings (SSSR count). The first-order valence-corrected chi connectivity index (χ1v) is 12.9. The van der Waals surface area contributed by atoms with E-state index in [0.29, 0.717) is 31.0 Å². The maximum Gasteiger partial charge on any atom is 0.261 e. The van der Waals surface area contributed by atoms with Gasteiger partial charge in [0.1, 0.15) is 5.75 Å². The van der Waals surface area contributed by atoms with E-state index in [1.54, 1.807) is 43.5 Å². The van der Waals surface area contributed by atoms with E-state index in [1.165, 1.54) is 18.2 Å². The number of benzene rings is 3. The molecular formula is C26H29N3O5S. The molecule has 1 amide bonds. The number of morpholine rings is 1. The number of methoxy groups -OCH3 is 1. The molecule has 1 atom stereocenters. The van der Waals surface area contributed by atoms with Crippen LogP contribution in [0.15, 0.2) is 83.8 Å². The summed E-state index contributed by atoms with van der Waals surface area (Å²) in [5, 5.41) is 3.02. The number of hydrogen-bond donors (Lipinski definition) is 2. The topological polar surface area (TPSA) is 97.0 Å². The lowest BCUT2D eigenvalue weighted by atomic mass is 10.0. The lowest BCUT2D eigenvalue weighted by Gasteiger charge is -2.35. The zero-order chi connectivity index (χ0) is 24.7. The summed E-state index contributed by atoms with van der Waals surface area (Å²) < 4.78 is 38.6. The van der Waals surface area contributed by atoms with Gasteiger partial charge in [-0.05, 0) is 48.0 Å². The molecule has 0 saturated carbocycles. The van der Waals surface area contributed by atoms with E-state index in [1.807, 2.05) is 24.3 Å². The van der Waals surface area contributed by atoms with Crippen molar-refractivity contribution in [3.63, 3.8) is 0 Å². The predicted molar refractivity (Wildman–Crippen MR) is 134 cm³/mol. The number of anilines is 1. The maximum absolute atomic E-state index is 13.0. The number of nitrogens with one attached hydrogen (secondary N) is 2. The van der Waals surface area contributed by atoms with Gasteiger partial charge in [0, 0.05) is 30.9 Å².